The lowest BCUT2D eigenvalue weighted by Crippen LogP contribution is -2.23. The lowest BCUT2D eigenvalue weighted by molar-refractivity contribution is 0.0499. The molecule has 0 aliphatic heterocycles. The Balaban J connectivity index is 1.97. The smallest absolute Gasteiger partial charge is 0.368 e. The molecule has 0 aliphatic rings. The first kappa shape index (κ1) is 13.1. The highest BCUT2D eigenvalue weighted by atomic mass is 32.1. The second kappa shape index (κ2) is 5.63. The molecule has 0 amide bonds. The number of halogens is 2. The molecule has 0 aliphatic carbocycles. The summed E-state index contributed by atoms with van der Waals surface area (Å²) in [7, 11) is 1.38. The molecule has 3 heterocycles. The molecular weight excluding hydrogens is 320 g/mol. The number of nitrogens with zero attached hydrogens (tertiary/aromatic N) is 7. The van der Waals surface area contributed by atoms with Crippen LogP contribution in [-0.4, -0.2) is 34.6 Å². The van der Waals surface area contributed by atoms with Crippen LogP contribution in [0.4, 0.5) is 8.78 Å². The fourth-order valence-corrected chi connectivity index (χ4v) is 2.15. The van der Waals surface area contributed by atoms with E-state index in [0.29, 0.717) is 4.68 Å². The SMILES string of the molecule is [3H]c1csc(OCc2c(-n3nnn(C)c3=O)cnn2C(F)F)n1. The molecule has 0 radical (unpaired) electrons. The summed E-state index contributed by atoms with van der Waals surface area (Å²) < 4.78 is 41.0. The van der Waals surface area contributed by atoms with Gasteiger partial charge in [-0.15, -0.1) is 0 Å². The third-order valence-electron chi connectivity index (χ3n) is 2.71. The van der Waals surface area contributed by atoms with E-state index in [0.717, 1.165) is 26.9 Å². The molecule has 0 spiro atoms. The Hall–Kier alpha value is -2.63. The molecule has 12 heteroatoms. The molecule has 0 atom stereocenters. The van der Waals surface area contributed by atoms with Crippen molar-refractivity contribution in [3.8, 4) is 10.9 Å². The second-order valence-electron chi connectivity index (χ2n) is 4.03. The predicted molar refractivity (Wildman–Crippen MR) is 70.1 cm³/mol. The summed E-state index contributed by atoms with van der Waals surface area (Å²) in [6.07, 6.45) is 1.09. The van der Waals surface area contributed by atoms with Gasteiger partial charge in [0.15, 0.2) is 0 Å². The predicted octanol–water partition coefficient (Wildman–Crippen LogP) is 0.593. The first-order chi connectivity index (χ1) is 11.0. The van der Waals surface area contributed by atoms with Crippen molar-refractivity contribution in [1.82, 2.24) is 34.6 Å². The Kier molecular flexibility index (Phi) is 3.34. The van der Waals surface area contributed by atoms with Crippen LogP contribution in [0.3, 0.4) is 0 Å². The van der Waals surface area contributed by atoms with Crippen LogP contribution in [0, 0.1) is 0 Å². The number of tetrazole rings is 1. The van der Waals surface area contributed by atoms with E-state index < -0.39 is 12.2 Å². The van der Waals surface area contributed by atoms with Crippen molar-refractivity contribution >= 4 is 11.3 Å². The Morgan fingerprint density at radius 1 is 1.50 bits per heavy atom. The zero-order valence-corrected chi connectivity index (χ0v) is 11.9. The molecule has 0 bridgehead atoms. The minimum atomic E-state index is -2.92. The van der Waals surface area contributed by atoms with E-state index in [4.69, 9.17) is 6.11 Å². The van der Waals surface area contributed by atoms with Crippen molar-refractivity contribution in [2.75, 3.05) is 0 Å². The van der Waals surface area contributed by atoms with Crippen LogP contribution >= 0.6 is 11.3 Å². The van der Waals surface area contributed by atoms with Gasteiger partial charge < -0.3 is 4.74 Å². The minimum absolute atomic E-state index is 0.0118. The topological polar surface area (TPSA) is 92.6 Å². The molecule has 0 saturated heterocycles. The maximum atomic E-state index is 13.1. The summed E-state index contributed by atoms with van der Waals surface area (Å²) >= 11 is 1.06. The maximum Gasteiger partial charge on any atom is 0.368 e. The van der Waals surface area contributed by atoms with Crippen LogP contribution in [0.25, 0.3) is 5.69 Å². The standard InChI is InChI=1S/C10H9F2N7O2S/c1-17-10(20)19(16-15-17)6-4-14-18(8(11)12)7(6)5-21-9-13-2-3-22-9/h2-4,8H,5H2,1H3/i2T. The number of ether oxygens (including phenoxy) is 1. The fourth-order valence-electron chi connectivity index (χ4n) is 1.71. The van der Waals surface area contributed by atoms with E-state index in [1.165, 1.54) is 12.4 Å². The fraction of sp³-hybridized carbons (Fsp3) is 0.300. The summed E-state index contributed by atoms with van der Waals surface area (Å²) in [5, 5.41) is 12.3. The highest BCUT2D eigenvalue weighted by Gasteiger charge is 2.21. The molecule has 0 unspecified atom stereocenters. The van der Waals surface area contributed by atoms with Gasteiger partial charge in [-0.05, 0) is 10.4 Å². The highest BCUT2D eigenvalue weighted by molar-refractivity contribution is 7.11. The van der Waals surface area contributed by atoms with Crippen molar-refractivity contribution in [2.45, 2.75) is 13.2 Å². The van der Waals surface area contributed by atoms with Crippen molar-refractivity contribution in [2.24, 2.45) is 7.05 Å². The van der Waals surface area contributed by atoms with Gasteiger partial charge >= 0.3 is 12.2 Å². The van der Waals surface area contributed by atoms with Crippen molar-refractivity contribution in [3.63, 3.8) is 0 Å². The molecule has 116 valence electrons. The average Bonchev–Trinajstić information content (AvgIpc) is 3.18. The number of rotatable bonds is 5. The molecule has 3 aromatic heterocycles. The number of thiazole rings is 1. The summed E-state index contributed by atoms with van der Waals surface area (Å²) in [6.45, 7) is -3.24. The number of aromatic nitrogens is 7. The van der Waals surface area contributed by atoms with E-state index in [9.17, 15) is 13.6 Å². The Labute approximate surface area is 126 Å². The van der Waals surface area contributed by atoms with Crippen molar-refractivity contribution < 1.29 is 14.9 Å². The van der Waals surface area contributed by atoms with Crippen LogP contribution in [-0.2, 0) is 13.7 Å². The zero-order chi connectivity index (χ0) is 16.6. The minimum Gasteiger partial charge on any atom is -0.463 e. The Morgan fingerprint density at radius 2 is 2.32 bits per heavy atom. The first-order valence-electron chi connectivity index (χ1n) is 6.36. The van der Waals surface area contributed by atoms with Crippen LogP contribution < -0.4 is 10.4 Å². The first-order valence-corrected chi connectivity index (χ1v) is 6.74. The summed E-state index contributed by atoms with van der Waals surface area (Å²) in [4.78, 5) is 15.6. The average molecular weight is 331 g/mol. The monoisotopic (exact) mass is 331 g/mol. The highest BCUT2D eigenvalue weighted by Crippen LogP contribution is 2.21. The molecule has 3 rings (SSSR count). The van der Waals surface area contributed by atoms with Gasteiger partial charge in [-0.1, -0.05) is 11.3 Å². The Morgan fingerprint density at radius 3 is 2.91 bits per heavy atom. The van der Waals surface area contributed by atoms with Crippen LogP contribution in [0.15, 0.2) is 22.5 Å². The van der Waals surface area contributed by atoms with Gasteiger partial charge in [-0.25, -0.2) is 14.5 Å². The van der Waals surface area contributed by atoms with Gasteiger partial charge in [0.2, 0.25) is 0 Å². The molecule has 22 heavy (non-hydrogen) atoms. The lowest BCUT2D eigenvalue weighted by Gasteiger charge is -2.08. The molecule has 0 saturated carbocycles. The van der Waals surface area contributed by atoms with Gasteiger partial charge in [0.25, 0.3) is 5.19 Å². The molecular formula is C10H9F2N7O2S. The third kappa shape index (κ3) is 2.47. The Bertz CT molecular complexity index is 886. The van der Waals surface area contributed by atoms with E-state index >= 15 is 0 Å². The van der Waals surface area contributed by atoms with Crippen molar-refractivity contribution in [1.29, 1.82) is 0 Å². The molecule has 0 fully saturated rings. The van der Waals surface area contributed by atoms with Gasteiger partial charge in [0, 0.05) is 18.6 Å². The van der Waals surface area contributed by atoms with Gasteiger partial charge in [0.1, 0.15) is 18.0 Å². The van der Waals surface area contributed by atoms with Gasteiger partial charge in [-0.3, -0.25) is 0 Å². The third-order valence-corrected chi connectivity index (χ3v) is 3.35. The maximum absolute atomic E-state index is 13.1. The number of hydrogen-bond donors (Lipinski definition) is 0. The quantitative estimate of drug-likeness (QED) is 0.679. The molecule has 3 aromatic rings. The summed E-state index contributed by atoms with van der Waals surface area (Å²) in [5.41, 5.74) is -0.641. The van der Waals surface area contributed by atoms with Gasteiger partial charge in [0.05, 0.1) is 7.57 Å². The molecule has 0 N–H and O–H groups in total. The summed E-state index contributed by atoms with van der Waals surface area (Å²) in [6, 6.07) is 0. The van der Waals surface area contributed by atoms with E-state index in [1.807, 2.05) is 0 Å². The second-order valence-corrected chi connectivity index (χ2v) is 4.85. The zero-order valence-electron chi connectivity index (χ0n) is 12.1. The van der Waals surface area contributed by atoms with E-state index in [2.05, 4.69) is 20.5 Å². The van der Waals surface area contributed by atoms with Crippen molar-refractivity contribution in [3.05, 3.63) is 33.9 Å². The van der Waals surface area contributed by atoms with E-state index in [1.54, 1.807) is 0 Å². The van der Waals surface area contributed by atoms with Crippen LogP contribution in [0.1, 0.15) is 13.6 Å². The van der Waals surface area contributed by atoms with Gasteiger partial charge in [-0.2, -0.15) is 23.2 Å². The number of hydrogen-bond acceptors (Lipinski definition) is 7. The number of aryl methyl sites for hydroxylation is 1. The number of alkyl halides is 2. The largest absolute Gasteiger partial charge is 0.463 e. The lowest BCUT2D eigenvalue weighted by atomic mass is 10.4. The van der Waals surface area contributed by atoms with Crippen LogP contribution in [0.5, 0.6) is 5.19 Å². The normalized spacial score (nSPS) is 11.9. The molecule has 9 nitrogen and oxygen atoms in total. The van der Waals surface area contributed by atoms with Crippen LogP contribution in [0.2, 0.25) is 0 Å². The molecule has 0 aromatic carbocycles. The summed E-state index contributed by atoms with van der Waals surface area (Å²) in [5.74, 6) is 0. The van der Waals surface area contributed by atoms with E-state index in [-0.39, 0.29) is 29.4 Å².